The van der Waals surface area contributed by atoms with E-state index in [0.29, 0.717) is 11.3 Å². The molecule has 21 heavy (non-hydrogen) atoms. The van der Waals surface area contributed by atoms with Crippen molar-refractivity contribution in [1.29, 1.82) is 0 Å². The fraction of sp³-hybridized carbons (Fsp3) is 0.250. The van der Waals surface area contributed by atoms with E-state index < -0.39 is 23.6 Å². The number of hydrogen-bond acceptors (Lipinski definition) is 2. The molecular formula is C16H15F3O2. The average molecular weight is 296 g/mol. The molecule has 0 aliphatic rings. The van der Waals surface area contributed by atoms with Gasteiger partial charge < -0.3 is 9.84 Å². The Balaban J connectivity index is 2.36. The molecule has 2 rings (SSSR count). The van der Waals surface area contributed by atoms with Crippen molar-refractivity contribution in [3.05, 3.63) is 65.0 Å². The Hall–Kier alpha value is -2.01. The zero-order valence-corrected chi connectivity index (χ0v) is 11.6. The summed E-state index contributed by atoms with van der Waals surface area (Å²) in [5.41, 5.74) is 0.00801. The van der Waals surface area contributed by atoms with Gasteiger partial charge in [0.25, 0.3) is 0 Å². The molecule has 0 fully saturated rings. The SMILES string of the molecule is CC(C)Oc1cccc(C(O)c2ccc(F)c(F)c2F)c1. The average Bonchev–Trinajstić information content (AvgIpc) is 2.44. The summed E-state index contributed by atoms with van der Waals surface area (Å²) in [6.07, 6.45) is -1.46. The van der Waals surface area contributed by atoms with Crippen LogP contribution in [0.2, 0.25) is 0 Å². The van der Waals surface area contributed by atoms with E-state index in [1.165, 1.54) is 6.07 Å². The van der Waals surface area contributed by atoms with Crippen molar-refractivity contribution < 1.29 is 23.0 Å². The second kappa shape index (κ2) is 6.18. The van der Waals surface area contributed by atoms with Crippen molar-refractivity contribution >= 4 is 0 Å². The molecule has 0 radical (unpaired) electrons. The van der Waals surface area contributed by atoms with Crippen LogP contribution in [0.1, 0.15) is 31.1 Å². The van der Waals surface area contributed by atoms with Crippen LogP contribution in [0.5, 0.6) is 5.75 Å². The fourth-order valence-corrected chi connectivity index (χ4v) is 1.96. The monoisotopic (exact) mass is 296 g/mol. The van der Waals surface area contributed by atoms with Gasteiger partial charge in [-0.25, -0.2) is 13.2 Å². The first-order valence-electron chi connectivity index (χ1n) is 6.48. The lowest BCUT2D eigenvalue weighted by Crippen LogP contribution is -2.08. The Bertz CT molecular complexity index is 641. The number of benzene rings is 2. The standard InChI is InChI=1S/C16H15F3O2/c1-9(2)21-11-5-3-4-10(8-11)16(20)12-6-7-13(17)15(19)14(12)18/h3-9,16,20H,1-2H3. The minimum absolute atomic E-state index is 0.0580. The topological polar surface area (TPSA) is 29.5 Å². The van der Waals surface area contributed by atoms with Crippen LogP contribution in [0.4, 0.5) is 13.2 Å². The minimum atomic E-state index is -1.60. The molecule has 0 spiro atoms. The third-order valence-electron chi connectivity index (χ3n) is 2.91. The smallest absolute Gasteiger partial charge is 0.194 e. The molecule has 2 nitrogen and oxygen atoms in total. The number of aliphatic hydroxyl groups is 1. The van der Waals surface area contributed by atoms with Crippen molar-refractivity contribution in [2.24, 2.45) is 0 Å². The van der Waals surface area contributed by atoms with E-state index >= 15 is 0 Å². The number of hydrogen-bond donors (Lipinski definition) is 1. The van der Waals surface area contributed by atoms with Crippen molar-refractivity contribution in [3.63, 3.8) is 0 Å². The van der Waals surface area contributed by atoms with E-state index in [1.54, 1.807) is 18.2 Å². The molecule has 112 valence electrons. The largest absolute Gasteiger partial charge is 0.491 e. The van der Waals surface area contributed by atoms with Gasteiger partial charge >= 0.3 is 0 Å². The maximum absolute atomic E-state index is 13.7. The van der Waals surface area contributed by atoms with E-state index in [0.717, 1.165) is 12.1 Å². The van der Waals surface area contributed by atoms with Gasteiger partial charge in [0.15, 0.2) is 17.5 Å². The van der Waals surface area contributed by atoms with Gasteiger partial charge in [-0.1, -0.05) is 18.2 Å². The molecule has 0 saturated carbocycles. The zero-order chi connectivity index (χ0) is 15.6. The summed E-state index contributed by atoms with van der Waals surface area (Å²) in [7, 11) is 0. The molecule has 0 bridgehead atoms. The molecule has 0 saturated heterocycles. The van der Waals surface area contributed by atoms with Gasteiger partial charge in [0.2, 0.25) is 0 Å². The van der Waals surface area contributed by atoms with Gasteiger partial charge in [0, 0.05) is 5.56 Å². The molecule has 0 aromatic heterocycles. The van der Waals surface area contributed by atoms with Crippen molar-refractivity contribution in [3.8, 4) is 5.75 Å². The number of aliphatic hydroxyl groups excluding tert-OH is 1. The Morgan fingerprint density at radius 2 is 1.71 bits per heavy atom. The van der Waals surface area contributed by atoms with Crippen LogP contribution in [0, 0.1) is 17.5 Å². The van der Waals surface area contributed by atoms with E-state index in [4.69, 9.17) is 4.74 Å². The van der Waals surface area contributed by atoms with Crippen LogP contribution in [0.3, 0.4) is 0 Å². The Morgan fingerprint density at radius 3 is 2.38 bits per heavy atom. The predicted molar refractivity (Wildman–Crippen MR) is 72.6 cm³/mol. The normalized spacial score (nSPS) is 12.5. The molecule has 2 aromatic rings. The summed E-state index contributed by atoms with van der Waals surface area (Å²) < 4.78 is 45.3. The second-order valence-corrected chi connectivity index (χ2v) is 4.91. The van der Waals surface area contributed by atoms with Crippen molar-refractivity contribution in [2.75, 3.05) is 0 Å². The fourth-order valence-electron chi connectivity index (χ4n) is 1.96. The molecular weight excluding hydrogens is 281 g/mol. The van der Waals surface area contributed by atoms with Crippen LogP contribution in [0.25, 0.3) is 0 Å². The minimum Gasteiger partial charge on any atom is -0.491 e. The number of ether oxygens (including phenoxy) is 1. The van der Waals surface area contributed by atoms with E-state index in [2.05, 4.69) is 0 Å². The molecule has 0 aliphatic carbocycles. The van der Waals surface area contributed by atoms with Crippen molar-refractivity contribution in [1.82, 2.24) is 0 Å². The summed E-state index contributed by atoms with van der Waals surface area (Å²) in [5.74, 6) is -3.77. The van der Waals surface area contributed by atoms with Crippen LogP contribution in [0.15, 0.2) is 36.4 Å². The van der Waals surface area contributed by atoms with Crippen LogP contribution in [-0.2, 0) is 0 Å². The molecule has 1 N–H and O–H groups in total. The molecule has 1 atom stereocenters. The van der Waals surface area contributed by atoms with Gasteiger partial charge in [-0.05, 0) is 37.6 Å². The van der Waals surface area contributed by atoms with E-state index in [9.17, 15) is 18.3 Å². The third kappa shape index (κ3) is 3.36. The lowest BCUT2D eigenvalue weighted by atomic mass is 10.0. The van der Waals surface area contributed by atoms with Crippen LogP contribution < -0.4 is 4.74 Å². The number of halogens is 3. The lowest BCUT2D eigenvalue weighted by molar-refractivity contribution is 0.209. The van der Waals surface area contributed by atoms with Crippen LogP contribution >= 0.6 is 0 Å². The Kier molecular flexibility index (Phi) is 4.53. The highest BCUT2D eigenvalue weighted by atomic mass is 19.2. The molecule has 2 aromatic carbocycles. The van der Waals surface area contributed by atoms with Crippen LogP contribution in [-0.4, -0.2) is 11.2 Å². The summed E-state index contributed by atoms with van der Waals surface area (Å²) in [6, 6.07) is 8.22. The molecule has 5 heteroatoms. The predicted octanol–water partition coefficient (Wildman–Crippen LogP) is 3.97. The quantitative estimate of drug-likeness (QED) is 0.865. The van der Waals surface area contributed by atoms with Gasteiger partial charge in [-0.3, -0.25) is 0 Å². The molecule has 0 amide bonds. The van der Waals surface area contributed by atoms with Gasteiger partial charge in [0.1, 0.15) is 11.9 Å². The van der Waals surface area contributed by atoms with E-state index in [-0.39, 0.29) is 11.7 Å². The third-order valence-corrected chi connectivity index (χ3v) is 2.91. The highest BCUT2D eigenvalue weighted by molar-refractivity contribution is 5.36. The highest BCUT2D eigenvalue weighted by Gasteiger charge is 2.20. The Labute approximate surface area is 120 Å². The first-order chi connectivity index (χ1) is 9.90. The Morgan fingerprint density at radius 1 is 1.00 bits per heavy atom. The first-order valence-corrected chi connectivity index (χ1v) is 6.48. The summed E-state index contributed by atoms with van der Waals surface area (Å²) in [6.45, 7) is 3.69. The van der Waals surface area contributed by atoms with Crippen molar-refractivity contribution in [2.45, 2.75) is 26.1 Å². The second-order valence-electron chi connectivity index (χ2n) is 4.91. The van der Waals surface area contributed by atoms with Gasteiger partial charge in [-0.15, -0.1) is 0 Å². The first kappa shape index (κ1) is 15.4. The molecule has 0 aliphatic heterocycles. The summed E-state index contributed by atoms with van der Waals surface area (Å²) in [5, 5.41) is 10.2. The lowest BCUT2D eigenvalue weighted by Gasteiger charge is -2.15. The summed E-state index contributed by atoms with van der Waals surface area (Å²) in [4.78, 5) is 0. The number of rotatable bonds is 4. The zero-order valence-electron chi connectivity index (χ0n) is 11.6. The van der Waals surface area contributed by atoms with E-state index in [1.807, 2.05) is 13.8 Å². The summed E-state index contributed by atoms with van der Waals surface area (Å²) >= 11 is 0. The van der Waals surface area contributed by atoms with Gasteiger partial charge in [-0.2, -0.15) is 0 Å². The molecule has 1 unspecified atom stereocenters. The highest BCUT2D eigenvalue weighted by Crippen LogP contribution is 2.28. The maximum atomic E-state index is 13.7. The molecule has 0 heterocycles. The maximum Gasteiger partial charge on any atom is 0.194 e. The van der Waals surface area contributed by atoms with Gasteiger partial charge in [0.05, 0.1) is 6.10 Å².